The Morgan fingerprint density at radius 1 is 1.27 bits per heavy atom. The number of benzene rings is 1. The summed E-state index contributed by atoms with van der Waals surface area (Å²) in [6.45, 7) is 0.174. The first kappa shape index (κ1) is 15.8. The molecule has 0 unspecified atom stereocenters. The first-order valence-corrected chi connectivity index (χ1v) is 6.41. The van der Waals surface area contributed by atoms with Crippen molar-refractivity contribution in [3.05, 3.63) is 72.7 Å². The van der Waals surface area contributed by atoms with Gasteiger partial charge in [-0.1, -0.05) is 30.3 Å². The van der Waals surface area contributed by atoms with Crippen molar-refractivity contribution in [2.45, 2.75) is 6.54 Å². The van der Waals surface area contributed by atoms with E-state index < -0.39 is 0 Å². The van der Waals surface area contributed by atoms with Crippen LogP contribution < -0.4 is 21.7 Å². The van der Waals surface area contributed by atoms with Crippen molar-refractivity contribution < 1.29 is 30.9 Å². The minimum atomic E-state index is 0. The lowest BCUT2D eigenvalue weighted by Gasteiger charge is -1.95. The predicted molar refractivity (Wildman–Crippen MR) is 74.9 cm³/mol. The molecule has 2 aromatic heterocycles. The Kier molecular flexibility index (Phi) is 5.37. The van der Waals surface area contributed by atoms with Crippen LogP contribution in [0.1, 0.15) is 16.1 Å². The van der Waals surface area contributed by atoms with Gasteiger partial charge in [0.15, 0.2) is 12.3 Å². The average Bonchev–Trinajstić information content (AvgIpc) is 3.17. The molecule has 2 heterocycles. The molecular formula is C15H13BrN4O2. The molecule has 1 aromatic carbocycles. The minimum Gasteiger partial charge on any atom is -1.00 e. The van der Waals surface area contributed by atoms with Crippen LogP contribution in [0.3, 0.4) is 0 Å². The first-order chi connectivity index (χ1) is 10.3. The van der Waals surface area contributed by atoms with E-state index in [-0.39, 0.29) is 29.3 Å². The summed E-state index contributed by atoms with van der Waals surface area (Å²) in [7, 11) is 0. The fraction of sp³-hybridized carbons (Fsp3) is 0.0667. The zero-order chi connectivity index (χ0) is 14.5. The maximum atomic E-state index is 12.0. The molecule has 3 rings (SSSR count). The number of carbonyl (C=O) groups excluding carboxylic acids is 1. The molecule has 0 radical (unpaired) electrons. The third kappa shape index (κ3) is 3.98. The van der Waals surface area contributed by atoms with E-state index in [1.54, 1.807) is 43.1 Å². The lowest BCUT2D eigenvalue weighted by Crippen LogP contribution is -3.00. The van der Waals surface area contributed by atoms with Gasteiger partial charge in [0.1, 0.15) is 12.0 Å². The number of halogens is 1. The Balaban J connectivity index is 0.00000176. The van der Waals surface area contributed by atoms with Crippen molar-refractivity contribution in [2.24, 2.45) is 5.10 Å². The standard InChI is InChI=1S/C15H13N4O2.BrH/c20-15(13-5-2-1-3-6-13)10-18-12-19(11-17-18)16-9-14-7-4-8-21-14;/h1-9,11-12H,10H2;1H/q+1;/p-1. The van der Waals surface area contributed by atoms with Crippen LogP contribution in [0, 0.1) is 0 Å². The lowest BCUT2D eigenvalue weighted by atomic mass is 10.1. The summed E-state index contributed by atoms with van der Waals surface area (Å²) in [5, 5.41) is 8.25. The van der Waals surface area contributed by atoms with Crippen LogP contribution in [0.25, 0.3) is 0 Å². The third-order valence-corrected chi connectivity index (χ3v) is 2.83. The number of hydrogen-bond donors (Lipinski definition) is 0. The second kappa shape index (κ2) is 7.46. The van der Waals surface area contributed by atoms with E-state index in [4.69, 9.17) is 4.42 Å². The SMILES string of the molecule is O=C(Cn1c[n+](N=Cc2ccco2)cn1)c1ccccc1.[Br-]. The molecule has 0 amide bonds. The number of nitrogens with zero attached hydrogens (tertiary/aromatic N) is 4. The van der Waals surface area contributed by atoms with E-state index >= 15 is 0 Å². The zero-order valence-corrected chi connectivity index (χ0v) is 13.1. The normalized spacial score (nSPS) is 10.5. The summed E-state index contributed by atoms with van der Waals surface area (Å²) in [5.74, 6) is 0.650. The van der Waals surface area contributed by atoms with Crippen LogP contribution in [-0.2, 0) is 6.54 Å². The fourth-order valence-electron chi connectivity index (χ4n) is 1.81. The highest BCUT2D eigenvalue weighted by Gasteiger charge is 2.12. The number of rotatable bonds is 5. The van der Waals surface area contributed by atoms with Crippen molar-refractivity contribution in [1.29, 1.82) is 0 Å². The van der Waals surface area contributed by atoms with Crippen molar-refractivity contribution in [3.8, 4) is 0 Å². The maximum Gasteiger partial charge on any atom is 0.289 e. The number of ketones is 1. The Bertz CT molecular complexity index is 751. The molecule has 7 heteroatoms. The predicted octanol–water partition coefficient (Wildman–Crippen LogP) is -1.47. The summed E-state index contributed by atoms with van der Waals surface area (Å²) < 4.78 is 8.19. The van der Waals surface area contributed by atoms with Gasteiger partial charge < -0.3 is 21.4 Å². The smallest absolute Gasteiger partial charge is 0.289 e. The van der Waals surface area contributed by atoms with Gasteiger partial charge >= 0.3 is 0 Å². The van der Waals surface area contributed by atoms with Crippen LogP contribution >= 0.6 is 0 Å². The number of Topliss-reactive ketones (excluding diaryl/α,β-unsaturated/α-hetero) is 1. The molecule has 22 heavy (non-hydrogen) atoms. The molecule has 0 saturated heterocycles. The van der Waals surface area contributed by atoms with E-state index in [1.807, 2.05) is 18.2 Å². The highest BCUT2D eigenvalue weighted by molar-refractivity contribution is 5.95. The number of furan rings is 1. The first-order valence-electron chi connectivity index (χ1n) is 6.41. The van der Waals surface area contributed by atoms with Crippen LogP contribution in [0.4, 0.5) is 0 Å². The van der Waals surface area contributed by atoms with Crippen LogP contribution in [0.2, 0.25) is 0 Å². The second-order valence-corrected chi connectivity index (χ2v) is 4.37. The average molecular weight is 361 g/mol. The van der Waals surface area contributed by atoms with Gasteiger partial charge in [-0.2, -0.15) is 0 Å². The number of hydrogen-bond acceptors (Lipinski definition) is 4. The van der Waals surface area contributed by atoms with E-state index in [0.29, 0.717) is 11.3 Å². The molecule has 112 valence electrons. The number of carbonyl (C=O) groups is 1. The van der Waals surface area contributed by atoms with Gasteiger partial charge in [-0.3, -0.25) is 4.79 Å². The van der Waals surface area contributed by atoms with E-state index in [2.05, 4.69) is 10.2 Å². The number of aromatic nitrogens is 3. The van der Waals surface area contributed by atoms with Crippen LogP contribution in [-0.4, -0.2) is 21.8 Å². The van der Waals surface area contributed by atoms with Crippen LogP contribution in [0.5, 0.6) is 0 Å². The second-order valence-electron chi connectivity index (χ2n) is 4.37. The molecule has 0 aliphatic carbocycles. The van der Waals surface area contributed by atoms with Crippen LogP contribution in [0.15, 0.2) is 70.9 Å². The van der Waals surface area contributed by atoms with Gasteiger partial charge in [0.2, 0.25) is 6.33 Å². The third-order valence-electron chi connectivity index (χ3n) is 2.83. The van der Waals surface area contributed by atoms with Gasteiger partial charge in [0.25, 0.3) is 6.33 Å². The molecule has 0 bridgehead atoms. The zero-order valence-electron chi connectivity index (χ0n) is 11.5. The summed E-state index contributed by atoms with van der Waals surface area (Å²) in [5.41, 5.74) is 0.665. The molecule has 6 nitrogen and oxygen atoms in total. The quantitative estimate of drug-likeness (QED) is 0.317. The molecule has 0 N–H and O–H groups in total. The molecule has 3 aromatic rings. The summed E-state index contributed by atoms with van der Waals surface area (Å²) >= 11 is 0. The molecule has 0 spiro atoms. The van der Waals surface area contributed by atoms with Gasteiger partial charge in [-0.25, -0.2) is 0 Å². The molecule has 0 fully saturated rings. The van der Waals surface area contributed by atoms with E-state index in [9.17, 15) is 4.79 Å². The fourth-order valence-corrected chi connectivity index (χ4v) is 1.81. The van der Waals surface area contributed by atoms with Crippen molar-refractivity contribution >= 4 is 12.0 Å². The summed E-state index contributed by atoms with van der Waals surface area (Å²) in [6, 6.07) is 12.7. The Hall–Kier alpha value is -2.54. The van der Waals surface area contributed by atoms with Gasteiger partial charge in [-0.05, 0) is 12.1 Å². The topological polar surface area (TPSA) is 64.3 Å². The maximum absolute atomic E-state index is 12.0. The van der Waals surface area contributed by atoms with Crippen molar-refractivity contribution in [2.75, 3.05) is 0 Å². The monoisotopic (exact) mass is 360 g/mol. The largest absolute Gasteiger partial charge is 1.00 e. The molecule has 0 saturated carbocycles. The molecule has 0 aliphatic rings. The van der Waals surface area contributed by atoms with Gasteiger partial charge in [0, 0.05) is 10.7 Å². The molecule has 0 atom stereocenters. The van der Waals surface area contributed by atoms with Crippen molar-refractivity contribution in [1.82, 2.24) is 9.78 Å². The van der Waals surface area contributed by atoms with Crippen molar-refractivity contribution in [3.63, 3.8) is 0 Å². The van der Waals surface area contributed by atoms with E-state index in [1.165, 1.54) is 15.7 Å². The lowest BCUT2D eigenvalue weighted by molar-refractivity contribution is -0.679. The summed E-state index contributed by atoms with van der Waals surface area (Å²) in [6.07, 6.45) is 6.32. The Labute approximate surface area is 137 Å². The minimum absolute atomic E-state index is 0. The highest BCUT2D eigenvalue weighted by Crippen LogP contribution is 2.01. The van der Waals surface area contributed by atoms with E-state index in [0.717, 1.165) is 0 Å². The van der Waals surface area contributed by atoms with Gasteiger partial charge in [-0.15, -0.1) is 14.5 Å². The summed E-state index contributed by atoms with van der Waals surface area (Å²) in [4.78, 5) is 12.0. The highest BCUT2D eigenvalue weighted by atomic mass is 79.9. The Morgan fingerprint density at radius 2 is 2.09 bits per heavy atom. The Morgan fingerprint density at radius 3 is 2.82 bits per heavy atom. The molecular weight excluding hydrogens is 348 g/mol. The van der Waals surface area contributed by atoms with Gasteiger partial charge in [0.05, 0.1) is 6.26 Å². The molecule has 0 aliphatic heterocycles.